The molecule has 3 rings (SSSR count). The number of hydrogen-bond acceptors (Lipinski definition) is 5. The number of carboxylic acid groups (broad SMARTS) is 1. The lowest BCUT2D eigenvalue weighted by Crippen LogP contribution is -2.22. The number of rotatable bonds is 6. The molecule has 8 nitrogen and oxygen atoms in total. The second-order valence-corrected chi connectivity index (χ2v) is 8.79. The quantitative estimate of drug-likeness (QED) is 0.762. The number of aromatic nitrogens is 2. The number of carboxylic acids is 1. The van der Waals surface area contributed by atoms with Gasteiger partial charge in [0.25, 0.3) is 10.0 Å². The molecule has 0 atom stereocenters. The summed E-state index contributed by atoms with van der Waals surface area (Å²) in [5.41, 5.74) is 1.35. The van der Waals surface area contributed by atoms with Crippen LogP contribution in [0.2, 0.25) is 0 Å². The van der Waals surface area contributed by atoms with Gasteiger partial charge in [-0.25, -0.2) is 13.2 Å². The molecule has 1 saturated carbocycles. The fourth-order valence-electron chi connectivity index (χ4n) is 3.69. The zero-order valence-corrected chi connectivity index (χ0v) is 17.0. The fourth-order valence-corrected chi connectivity index (χ4v) is 5.20. The van der Waals surface area contributed by atoms with Crippen LogP contribution >= 0.6 is 0 Å². The van der Waals surface area contributed by atoms with Gasteiger partial charge in [0.05, 0.1) is 11.8 Å². The zero-order chi connectivity index (χ0) is 20.5. The van der Waals surface area contributed by atoms with Crippen LogP contribution in [0.1, 0.15) is 53.3 Å². The molecule has 0 radical (unpaired) electrons. The molecular formula is C19H25N3O5S. The number of ether oxygens (including phenoxy) is 1. The molecule has 1 aliphatic carbocycles. The maximum Gasteiger partial charge on any atom is 0.355 e. The van der Waals surface area contributed by atoms with E-state index in [9.17, 15) is 18.3 Å². The summed E-state index contributed by atoms with van der Waals surface area (Å²) in [6, 6.07) is 6.86. The van der Waals surface area contributed by atoms with Gasteiger partial charge in [-0.15, -0.1) is 0 Å². The number of nitrogens with zero attached hydrogens (tertiary/aromatic N) is 2. The largest absolute Gasteiger partial charge is 0.476 e. The summed E-state index contributed by atoms with van der Waals surface area (Å²) in [6.07, 6.45) is 3.10. The Labute approximate surface area is 164 Å². The third kappa shape index (κ3) is 4.05. The highest BCUT2D eigenvalue weighted by Crippen LogP contribution is 2.38. The minimum absolute atomic E-state index is 0.129. The summed E-state index contributed by atoms with van der Waals surface area (Å²) in [5, 5.41) is 13.9. The van der Waals surface area contributed by atoms with Crippen molar-refractivity contribution in [2.24, 2.45) is 7.05 Å². The molecule has 9 heteroatoms. The first kappa shape index (κ1) is 20.3. The van der Waals surface area contributed by atoms with Crippen molar-refractivity contribution in [3.63, 3.8) is 0 Å². The van der Waals surface area contributed by atoms with E-state index in [0.717, 1.165) is 23.1 Å². The van der Waals surface area contributed by atoms with Crippen LogP contribution in [0, 0.1) is 6.92 Å². The molecule has 1 aromatic carbocycles. The Morgan fingerprint density at radius 3 is 2.36 bits per heavy atom. The van der Waals surface area contributed by atoms with Gasteiger partial charge in [-0.3, -0.25) is 9.40 Å². The first-order valence-electron chi connectivity index (χ1n) is 9.15. The smallest absolute Gasteiger partial charge is 0.355 e. The van der Waals surface area contributed by atoms with Crippen molar-refractivity contribution >= 4 is 21.7 Å². The third-order valence-corrected chi connectivity index (χ3v) is 6.64. The van der Waals surface area contributed by atoms with Gasteiger partial charge in [-0.1, -0.05) is 17.7 Å². The van der Waals surface area contributed by atoms with E-state index in [1.807, 2.05) is 6.92 Å². The first-order chi connectivity index (χ1) is 13.2. The molecule has 0 amide bonds. The molecule has 152 valence electrons. The average molecular weight is 407 g/mol. The van der Waals surface area contributed by atoms with E-state index in [0.29, 0.717) is 24.2 Å². The number of methoxy groups -OCH3 is 1. The molecule has 1 fully saturated rings. The van der Waals surface area contributed by atoms with E-state index < -0.39 is 16.0 Å². The van der Waals surface area contributed by atoms with Crippen molar-refractivity contribution < 1.29 is 23.1 Å². The van der Waals surface area contributed by atoms with Crippen LogP contribution in [-0.2, 0) is 21.8 Å². The van der Waals surface area contributed by atoms with E-state index >= 15 is 0 Å². The highest BCUT2D eigenvalue weighted by atomic mass is 32.2. The fraction of sp³-hybridized carbons (Fsp3) is 0.474. The lowest BCUT2D eigenvalue weighted by atomic mass is 9.85. The Balaban J connectivity index is 2.02. The van der Waals surface area contributed by atoms with Gasteiger partial charge in [0.2, 0.25) is 0 Å². The predicted molar refractivity (Wildman–Crippen MR) is 104 cm³/mol. The molecule has 0 spiro atoms. The molecule has 1 aliphatic rings. The Morgan fingerprint density at radius 1 is 1.21 bits per heavy atom. The van der Waals surface area contributed by atoms with Crippen LogP contribution in [-0.4, -0.2) is 42.5 Å². The van der Waals surface area contributed by atoms with Gasteiger partial charge in [0.15, 0.2) is 5.69 Å². The van der Waals surface area contributed by atoms with E-state index in [-0.39, 0.29) is 22.6 Å². The van der Waals surface area contributed by atoms with E-state index in [1.165, 1.54) is 7.05 Å². The predicted octanol–water partition coefficient (Wildman–Crippen LogP) is 2.90. The van der Waals surface area contributed by atoms with Gasteiger partial charge in [-0.05, 0) is 44.7 Å². The number of carbonyl (C=O) groups is 1. The Morgan fingerprint density at radius 2 is 1.82 bits per heavy atom. The topological polar surface area (TPSA) is 111 Å². The number of aryl methyl sites for hydroxylation is 2. The minimum atomic E-state index is -4.13. The summed E-state index contributed by atoms with van der Waals surface area (Å²) in [5.74, 6) is -1.45. The number of aromatic carboxylic acids is 1. The van der Waals surface area contributed by atoms with Gasteiger partial charge < -0.3 is 9.84 Å². The summed E-state index contributed by atoms with van der Waals surface area (Å²) < 4.78 is 35.3. The summed E-state index contributed by atoms with van der Waals surface area (Å²) in [4.78, 5) is 11.6. The van der Waals surface area contributed by atoms with Crippen LogP contribution < -0.4 is 4.72 Å². The van der Waals surface area contributed by atoms with Gasteiger partial charge >= 0.3 is 5.97 Å². The van der Waals surface area contributed by atoms with Gasteiger partial charge in [0, 0.05) is 25.8 Å². The van der Waals surface area contributed by atoms with Gasteiger partial charge in [0.1, 0.15) is 4.90 Å². The maximum absolute atomic E-state index is 13.2. The van der Waals surface area contributed by atoms with Crippen LogP contribution in [0.3, 0.4) is 0 Å². The lowest BCUT2D eigenvalue weighted by molar-refractivity contribution is 0.0650. The van der Waals surface area contributed by atoms with Crippen LogP contribution in [0.4, 0.5) is 5.69 Å². The summed E-state index contributed by atoms with van der Waals surface area (Å²) >= 11 is 0. The SMILES string of the molecule is COC1CCC(c2nn(C)c(C(=O)O)c2S(=O)(=O)Nc2ccc(C)cc2)CC1. The zero-order valence-electron chi connectivity index (χ0n) is 16.2. The average Bonchev–Trinajstić information content (AvgIpc) is 3.02. The molecule has 0 aliphatic heterocycles. The normalized spacial score (nSPS) is 20.1. The van der Waals surface area contributed by atoms with Crippen molar-refractivity contribution in [1.29, 1.82) is 0 Å². The van der Waals surface area contributed by atoms with E-state index in [4.69, 9.17) is 4.74 Å². The molecule has 2 aromatic rings. The monoisotopic (exact) mass is 407 g/mol. The second-order valence-electron chi connectivity index (χ2n) is 7.17. The number of sulfonamides is 1. The third-order valence-electron chi connectivity index (χ3n) is 5.20. The van der Waals surface area contributed by atoms with E-state index in [2.05, 4.69) is 9.82 Å². The number of hydrogen-bond donors (Lipinski definition) is 2. The molecule has 0 bridgehead atoms. The Bertz CT molecular complexity index is 958. The van der Waals surface area contributed by atoms with Crippen molar-refractivity contribution in [1.82, 2.24) is 9.78 Å². The van der Waals surface area contributed by atoms with Gasteiger partial charge in [-0.2, -0.15) is 5.10 Å². The highest BCUT2D eigenvalue weighted by molar-refractivity contribution is 7.92. The number of nitrogens with one attached hydrogen (secondary N) is 1. The van der Waals surface area contributed by atoms with Crippen molar-refractivity contribution in [2.45, 2.75) is 49.5 Å². The minimum Gasteiger partial charge on any atom is -0.476 e. The van der Waals surface area contributed by atoms with Crippen molar-refractivity contribution in [3.05, 3.63) is 41.2 Å². The lowest BCUT2D eigenvalue weighted by Gasteiger charge is -2.27. The maximum atomic E-state index is 13.2. The number of anilines is 1. The summed E-state index contributed by atoms with van der Waals surface area (Å²) in [7, 11) is -1.01. The standard InChI is InChI=1S/C19H25N3O5S/c1-12-4-8-14(9-5-12)21-28(25,26)18-16(20-22(2)17(18)19(23)24)13-6-10-15(27-3)11-7-13/h4-5,8-9,13,15,21H,6-7,10-11H2,1-3H3,(H,23,24). The van der Waals surface area contributed by atoms with Crippen molar-refractivity contribution in [2.75, 3.05) is 11.8 Å². The van der Waals surface area contributed by atoms with Crippen LogP contribution in [0.25, 0.3) is 0 Å². The molecule has 2 N–H and O–H groups in total. The number of benzene rings is 1. The first-order valence-corrected chi connectivity index (χ1v) is 10.6. The molecule has 1 heterocycles. The summed E-state index contributed by atoms with van der Waals surface area (Å²) in [6.45, 7) is 1.90. The highest BCUT2D eigenvalue weighted by Gasteiger charge is 2.36. The van der Waals surface area contributed by atoms with E-state index in [1.54, 1.807) is 31.4 Å². The molecule has 0 saturated heterocycles. The Hall–Kier alpha value is -2.39. The molecular weight excluding hydrogens is 382 g/mol. The van der Waals surface area contributed by atoms with Crippen LogP contribution in [0.15, 0.2) is 29.2 Å². The molecule has 28 heavy (non-hydrogen) atoms. The molecule has 0 unspecified atom stereocenters. The molecule has 1 aromatic heterocycles. The second kappa shape index (κ2) is 7.92. The van der Waals surface area contributed by atoms with Crippen molar-refractivity contribution in [3.8, 4) is 0 Å². The Kier molecular flexibility index (Phi) is 5.76. The van der Waals surface area contributed by atoms with Crippen LogP contribution in [0.5, 0.6) is 0 Å².